The standard InChI is InChI=1S/C40H43N3O10/c1-23(45)31(36(47)41-16-17-44)42-38(49)40-21-30-32-33(52-39(51-32)19-27-12-2-3-13-28(27)20-39)35(40)53-43(34(40)37(48)50-30)22-25-10-6-8-24(18-25)9-7-14-26-11-4-5-15-29(26)46/h2-13,15,18,23,30-35,44-46H,14,16-17,19-22H2,1H3,(H,41,47)(H,42,49)/t23-,30+,31+,32-,33-,34-,35+,40-/m0/s1. The van der Waals surface area contributed by atoms with Crippen molar-refractivity contribution in [1.82, 2.24) is 15.7 Å². The molecule has 1 spiro atoms. The van der Waals surface area contributed by atoms with Crippen LogP contribution in [-0.2, 0) is 59.2 Å². The normalized spacial score (nSPS) is 29.0. The fourth-order valence-electron chi connectivity index (χ4n) is 8.71. The molecule has 2 bridgehead atoms. The Labute approximate surface area is 306 Å². The van der Waals surface area contributed by atoms with Crippen LogP contribution in [0.1, 0.15) is 41.2 Å². The summed E-state index contributed by atoms with van der Waals surface area (Å²) in [5, 5.41) is 36.7. The van der Waals surface area contributed by atoms with Crippen molar-refractivity contribution < 1.29 is 48.8 Å². The lowest BCUT2D eigenvalue weighted by Crippen LogP contribution is -2.71. The van der Waals surface area contributed by atoms with Crippen LogP contribution in [0.25, 0.3) is 6.08 Å². The van der Waals surface area contributed by atoms with Crippen molar-refractivity contribution in [3.63, 3.8) is 0 Å². The van der Waals surface area contributed by atoms with Gasteiger partial charge in [0.2, 0.25) is 11.8 Å². The number of aliphatic hydroxyl groups is 2. The van der Waals surface area contributed by atoms with Gasteiger partial charge in [0.1, 0.15) is 41.6 Å². The van der Waals surface area contributed by atoms with Gasteiger partial charge in [0, 0.05) is 25.8 Å². The number of hydrogen-bond acceptors (Lipinski definition) is 11. The summed E-state index contributed by atoms with van der Waals surface area (Å²) in [5.74, 6) is -2.79. The van der Waals surface area contributed by atoms with Crippen molar-refractivity contribution in [2.75, 3.05) is 13.2 Å². The molecule has 278 valence electrons. The van der Waals surface area contributed by atoms with Crippen molar-refractivity contribution in [1.29, 1.82) is 0 Å². The van der Waals surface area contributed by atoms with Gasteiger partial charge in [0.15, 0.2) is 11.8 Å². The maximum Gasteiger partial charge on any atom is 0.327 e. The second-order valence-corrected chi connectivity index (χ2v) is 14.6. The smallest absolute Gasteiger partial charge is 0.327 e. The summed E-state index contributed by atoms with van der Waals surface area (Å²) in [6, 6.07) is 20.2. The van der Waals surface area contributed by atoms with Crippen LogP contribution < -0.4 is 10.6 Å². The van der Waals surface area contributed by atoms with Gasteiger partial charge in [-0.2, -0.15) is 5.06 Å². The highest BCUT2D eigenvalue weighted by molar-refractivity contribution is 5.96. The molecule has 3 saturated heterocycles. The number of fused-ring (bicyclic) bond motifs is 5. The van der Waals surface area contributed by atoms with E-state index in [9.17, 15) is 29.7 Å². The Kier molecular flexibility index (Phi) is 9.34. The van der Waals surface area contributed by atoms with E-state index in [1.54, 1.807) is 12.1 Å². The van der Waals surface area contributed by atoms with E-state index in [4.69, 9.17) is 19.0 Å². The van der Waals surface area contributed by atoms with Gasteiger partial charge in [-0.3, -0.25) is 19.2 Å². The van der Waals surface area contributed by atoms with Crippen LogP contribution in [0, 0.1) is 5.41 Å². The lowest BCUT2D eigenvalue weighted by atomic mass is 9.62. The number of carbonyl (C=O) groups excluding carboxylic acids is 3. The largest absolute Gasteiger partial charge is 0.508 e. The molecule has 4 fully saturated rings. The zero-order chi connectivity index (χ0) is 36.9. The van der Waals surface area contributed by atoms with Crippen LogP contribution in [0.15, 0.2) is 78.9 Å². The molecule has 53 heavy (non-hydrogen) atoms. The topological polar surface area (TPSA) is 176 Å². The molecule has 3 aromatic carbocycles. The van der Waals surface area contributed by atoms with E-state index in [1.807, 2.05) is 72.8 Å². The van der Waals surface area contributed by atoms with Gasteiger partial charge in [-0.05, 0) is 47.2 Å². The van der Waals surface area contributed by atoms with E-state index in [2.05, 4.69) is 10.6 Å². The first-order chi connectivity index (χ1) is 25.6. The number of carbonyl (C=O) groups is 3. The monoisotopic (exact) mass is 725 g/mol. The first-order valence-corrected chi connectivity index (χ1v) is 18.1. The second-order valence-electron chi connectivity index (χ2n) is 14.6. The summed E-state index contributed by atoms with van der Waals surface area (Å²) in [6.07, 6.45) is 0.808. The molecule has 8 rings (SSSR count). The molecule has 5 N–H and O–H groups in total. The summed E-state index contributed by atoms with van der Waals surface area (Å²) < 4.78 is 19.5. The molecule has 0 radical (unpaired) electrons. The molecule has 2 amide bonds. The maximum absolute atomic E-state index is 14.7. The number of aromatic hydroxyl groups is 1. The molecule has 5 aliphatic rings. The van der Waals surface area contributed by atoms with Gasteiger partial charge in [-0.15, -0.1) is 0 Å². The molecule has 13 heteroatoms. The lowest BCUT2D eigenvalue weighted by Gasteiger charge is -2.49. The summed E-state index contributed by atoms with van der Waals surface area (Å²) in [7, 11) is 0. The van der Waals surface area contributed by atoms with Crippen molar-refractivity contribution >= 4 is 23.9 Å². The van der Waals surface area contributed by atoms with E-state index in [0.717, 1.165) is 27.8 Å². The fourth-order valence-corrected chi connectivity index (χ4v) is 8.71. The van der Waals surface area contributed by atoms with Gasteiger partial charge in [0.05, 0.1) is 19.3 Å². The number of allylic oxidation sites excluding steroid dienone is 1. The summed E-state index contributed by atoms with van der Waals surface area (Å²) >= 11 is 0. The first kappa shape index (κ1) is 35.4. The van der Waals surface area contributed by atoms with E-state index < -0.39 is 71.6 Å². The first-order valence-electron chi connectivity index (χ1n) is 18.1. The molecular formula is C40H43N3O10. The Morgan fingerprint density at radius 2 is 1.75 bits per heavy atom. The Hall–Kier alpha value is -4.63. The van der Waals surface area contributed by atoms with Crippen molar-refractivity contribution in [2.24, 2.45) is 5.41 Å². The van der Waals surface area contributed by atoms with Gasteiger partial charge >= 0.3 is 5.97 Å². The molecule has 0 aromatic heterocycles. The van der Waals surface area contributed by atoms with Crippen LogP contribution in [0.3, 0.4) is 0 Å². The number of hydrogen-bond donors (Lipinski definition) is 5. The van der Waals surface area contributed by atoms with E-state index in [0.29, 0.717) is 19.3 Å². The summed E-state index contributed by atoms with van der Waals surface area (Å²) in [4.78, 5) is 48.6. The van der Waals surface area contributed by atoms with E-state index in [-0.39, 0.29) is 31.9 Å². The average molecular weight is 726 g/mol. The van der Waals surface area contributed by atoms with Gasteiger partial charge in [-0.1, -0.05) is 78.9 Å². The third kappa shape index (κ3) is 6.30. The molecule has 2 aliphatic carbocycles. The summed E-state index contributed by atoms with van der Waals surface area (Å²) in [5.41, 5.74) is 3.10. The number of hydroxylamine groups is 2. The molecular weight excluding hydrogens is 682 g/mol. The molecule has 1 saturated carbocycles. The minimum Gasteiger partial charge on any atom is -0.508 e. The molecule has 3 aromatic rings. The number of amides is 2. The maximum atomic E-state index is 14.7. The number of rotatable bonds is 11. The Morgan fingerprint density at radius 3 is 2.49 bits per heavy atom. The lowest BCUT2D eigenvalue weighted by molar-refractivity contribution is -0.217. The van der Waals surface area contributed by atoms with Crippen LogP contribution in [0.5, 0.6) is 5.75 Å². The third-order valence-electron chi connectivity index (χ3n) is 11.1. The van der Waals surface area contributed by atoms with Crippen LogP contribution in [-0.4, -0.2) is 99.7 Å². The molecule has 13 nitrogen and oxygen atoms in total. The quantitative estimate of drug-likeness (QED) is 0.182. The van der Waals surface area contributed by atoms with Gasteiger partial charge in [0.25, 0.3) is 0 Å². The number of nitrogens with one attached hydrogen (secondary N) is 2. The van der Waals surface area contributed by atoms with Crippen LogP contribution >= 0.6 is 0 Å². The zero-order valence-corrected chi connectivity index (χ0v) is 29.2. The Morgan fingerprint density at radius 1 is 1.02 bits per heavy atom. The molecule has 3 heterocycles. The van der Waals surface area contributed by atoms with Crippen molar-refractivity contribution in [3.05, 3.63) is 107 Å². The number of phenols is 1. The van der Waals surface area contributed by atoms with Crippen molar-refractivity contribution in [2.45, 2.75) is 87.5 Å². The second kappa shape index (κ2) is 14.0. The predicted molar refractivity (Wildman–Crippen MR) is 188 cm³/mol. The number of ether oxygens (including phenoxy) is 3. The number of phenolic OH excluding ortho intramolecular Hbond substituents is 1. The van der Waals surface area contributed by atoms with Crippen LogP contribution in [0.2, 0.25) is 0 Å². The van der Waals surface area contributed by atoms with E-state index in [1.165, 1.54) is 12.0 Å². The summed E-state index contributed by atoms with van der Waals surface area (Å²) in [6.45, 7) is 1.11. The number of aliphatic hydroxyl groups excluding tert-OH is 2. The highest BCUT2D eigenvalue weighted by Crippen LogP contribution is 2.58. The highest BCUT2D eigenvalue weighted by atomic mass is 16.8. The van der Waals surface area contributed by atoms with Crippen LogP contribution in [0.4, 0.5) is 0 Å². The number of esters is 1. The van der Waals surface area contributed by atoms with Gasteiger partial charge < -0.3 is 40.2 Å². The molecule has 8 atom stereocenters. The minimum absolute atomic E-state index is 0.0455. The molecule has 0 unspecified atom stereocenters. The SMILES string of the molecule is C[C@H](O)[C@@H](NC(=O)[C@@]12C[C@H]3OC(=O)[C@@H]1N(Cc1cccc(C=CCc4ccccc4O)c1)O[C@@H]2[C@H]1OC2(Cc4ccccc4C2)O[C@H]13)C(=O)NCCO. The Bertz CT molecular complexity index is 1910. The zero-order valence-electron chi connectivity index (χ0n) is 29.2. The van der Waals surface area contributed by atoms with Gasteiger partial charge in [-0.25, -0.2) is 0 Å². The third-order valence-corrected chi connectivity index (χ3v) is 11.1. The minimum atomic E-state index is -1.57. The fraction of sp³-hybridized carbons (Fsp3) is 0.425. The van der Waals surface area contributed by atoms with Crippen molar-refractivity contribution in [3.8, 4) is 5.75 Å². The number of benzene rings is 3. The van der Waals surface area contributed by atoms with E-state index >= 15 is 0 Å². The average Bonchev–Trinajstić information content (AvgIpc) is 3.81. The number of nitrogens with zero attached hydrogens (tertiary/aromatic N) is 1. The predicted octanol–water partition coefficient (Wildman–Crippen LogP) is 1.70. The highest BCUT2D eigenvalue weighted by Gasteiger charge is 2.76. The Balaban J connectivity index is 1.10. The number of para-hydroxylation sites is 1. The molecule has 3 aliphatic heterocycles.